The van der Waals surface area contributed by atoms with Gasteiger partial charge in [0.15, 0.2) is 9.84 Å². The van der Waals surface area contributed by atoms with Gasteiger partial charge in [0, 0.05) is 17.7 Å². The van der Waals surface area contributed by atoms with Gasteiger partial charge in [-0.25, -0.2) is 8.42 Å². The number of rotatable bonds is 12. The molecule has 0 aromatic rings. The van der Waals surface area contributed by atoms with Crippen LogP contribution in [0.15, 0.2) is 11.5 Å². The molecule has 0 aromatic carbocycles. The Morgan fingerprint density at radius 3 is 1.79 bits per heavy atom. The largest absolute Gasteiger partial charge is 0.348 e. The molecule has 3 atom stereocenters. The second-order valence-electron chi connectivity index (χ2n) is 8.83. The van der Waals surface area contributed by atoms with Crippen LogP contribution in [0.3, 0.4) is 0 Å². The van der Waals surface area contributed by atoms with Crippen molar-refractivity contribution in [2.75, 3.05) is 6.26 Å². The van der Waals surface area contributed by atoms with Gasteiger partial charge in [-0.05, 0) is 37.0 Å². The fourth-order valence-electron chi connectivity index (χ4n) is 2.81. The maximum atomic E-state index is 12.8. The van der Waals surface area contributed by atoms with Gasteiger partial charge in [0.05, 0.1) is 6.04 Å². The van der Waals surface area contributed by atoms with Crippen molar-refractivity contribution in [1.82, 2.24) is 10.6 Å². The molecule has 0 radical (unpaired) electrons. The maximum absolute atomic E-state index is 12.8. The molecule has 0 aliphatic rings. The molecule has 0 bridgehead atoms. The smallest absolute Gasteiger partial charge is 0.243 e. The number of amides is 2. The molecule has 2 amide bonds. The van der Waals surface area contributed by atoms with Crippen molar-refractivity contribution in [1.29, 1.82) is 0 Å². The first-order chi connectivity index (χ1) is 12.7. The van der Waals surface area contributed by atoms with E-state index in [2.05, 4.69) is 10.6 Å². The summed E-state index contributed by atoms with van der Waals surface area (Å²) in [5.41, 5.74) is 5.94. The number of nitrogens with one attached hydrogen (secondary N) is 2. The molecule has 8 heteroatoms. The molecule has 0 unspecified atom stereocenters. The van der Waals surface area contributed by atoms with E-state index in [0.29, 0.717) is 19.3 Å². The van der Waals surface area contributed by atoms with Crippen LogP contribution in [0.2, 0.25) is 0 Å². The van der Waals surface area contributed by atoms with E-state index in [0.717, 1.165) is 11.7 Å². The van der Waals surface area contributed by atoms with Gasteiger partial charge in [0.1, 0.15) is 6.04 Å². The number of hydrogen-bond donors (Lipinski definition) is 3. The standard InChI is InChI=1S/C20H39N3O4S/c1-13(2)10-16(8-9-28(7,26)27)22-20(25)18(12-15(5)6)23-19(24)17(21)11-14(3)4/h8-9,13-18H,10-12,21H2,1-7H3,(H,22,25)(H,23,24)/b9-8+/t16-,17+,18+/m1/s1. The summed E-state index contributed by atoms with van der Waals surface area (Å²) in [5.74, 6) is 0.0402. The molecule has 0 rings (SSSR count). The third-order valence-electron chi connectivity index (χ3n) is 4.01. The summed E-state index contributed by atoms with van der Waals surface area (Å²) in [6, 6.07) is -1.82. The summed E-state index contributed by atoms with van der Waals surface area (Å²) in [7, 11) is -3.29. The molecule has 0 aromatic heterocycles. The second-order valence-corrected chi connectivity index (χ2v) is 10.8. The Labute approximate surface area is 170 Å². The van der Waals surface area contributed by atoms with Crippen molar-refractivity contribution in [2.45, 2.75) is 78.9 Å². The summed E-state index contributed by atoms with van der Waals surface area (Å²) in [6.45, 7) is 11.9. The molecule has 164 valence electrons. The molecule has 0 saturated carbocycles. The minimum absolute atomic E-state index is 0.187. The van der Waals surface area contributed by atoms with E-state index in [1.54, 1.807) is 0 Å². The Balaban J connectivity index is 5.28. The quantitative estimate of drug-likeness (QED) is 0.449. The average molecular weight is 418 g/mol. The summed E-state index contributed by atoms with van der Waals surface area (Å²) >= 11 is 0. The molecule has 0 fully saturated rings. The molecule has 7 nitrogen and oxygen atoms in total. The fourth-order valence-corrected chi connectivity index (χ4v) is 3.29. The summed E-state index contributed by atoms with van der Waals surface area (Å²) in [4.78, 5) is 25.2. The summed E-state index contributed by atoms with van der Waals surface area (Å²) in [6.07, 6.45) is 4.19. The monoisotopic (exact) mass is 417 g/mol. The highest BCUT2D eigenvalue weighted by Crippen LogP contribution is 2.11. The van der Waals surface area contributed by atoms with E-state index in [-0.39, 0.29) is 29.6 Å². The van der Waals surface area contributed by atoms with E-state index < -0.39 is 28.0 Å². The van der Waals surface area contributed by atoms with Gasteiger partial charge in [-0.2, -0.15) is 0 Å². The van der Waals surface area contributed by atoms with Gasteiger partial charge in [-0.1, -0.05) is 47.6 Å². The lowest BCUT2D eigenvalue weighted by Crippen LogP contribution is -2.53. The van der Waals surface area contributed by atoms with E-state index >= 15 is 0 Å². The first kappa shape index (κ1) is 26.6. The zero-order valence-corrected chi connectivity index (χ0v) is 19.2. The van der Waals surface area contributed by atoms with Crippen LogP contribution in [0.5, 0.6) is 0 Å². The Morgan fingerprint density at radius 1 is 0.857 bits per heavy atom. The van der Waals surface area contributed by atoms with Gasteiger partial charge in [-0.15, -0.1) is 0 Å². The lowest BCUT2D eigenvalue weighted by atomic mass is 9.99. The van der Waals surface area contributed by atoms with Crippen LogP contribution in [-0.2, 0) is 19.4 Å². The van der Waals surface area contributed by atoms with Crippen LogP contribution < -0.4 is 16.4 Å². The molecule has 0 aliphatic heterocycles. The number of carbonyl (C=O) groups is 2. The van der Waals surface area contributed by atoms with Crippen LogP contribution in [-0.4, -0.2) is 44.6 Å². The van der Waals surface area contributed by atoms with Crippen molar-refractivity contribution in [2.24, 2.45) is 23.5 Å². The number of nitrogens with two attached hydrogens (primary N) is 1. The normalized spacial score (nSPS) is 15.8. The van der Waals surface area contributed by atoms with Gasteiger partial charge < -0.3 is 16.4 Å². The van der Waals surface area contributed by atoms with Crippen molar-refractivity contribution < 1.29 is 18.0 Å². The first-order valence-electron chi connectivity index (χ1n) is 9.95. The zero-order valence-electron chi connectivity index (χ0n) is 18.4. The van der Waals surface area contributed by atoms with E-state index in [1.165, 1.54) is 6.08 Å². The molecule has 4 N–H and O–H groups in total. The van der Waals surface area contributed by atoms with E-state index in [1.807, 2.05) is 41.5 Å². The van der Waals surface area contributed by atoms with Crippen molar-refractivity contribution in [3.8, 4) is 0 Å². The Hall–Kier alpha value is -1.41. The highest BCUT2D eigenvalue weighted by atomic mass is 32.2. The molecular formula is C20H39N3O4S. The van der Waals surface area contributed by atoms with Crippen LogP contribution in [0.1, 0.15) is 60.8 Å². The predicted molar refractivity (Wildman–Crippen MR) is 114 cm³/mol. The maximum Gasteiger partial charge on any atom is 0.243 e. The minimum atomic E-state index is -3.29. The van der Waals surface area contributed by atoms with Crippen LogP contribution >= 0.6 is 0 Å². The molecule has 0 saturated heterocycles. The Kier molecular flexibility index (Phi) is 11.6. The van der Waals surface area contributed by atoms with E-state index in [4.69, 9.17) is 5.73 Å². The average Bonchev–Trinajstić information content (AvgIpc) is 2.49. The van der Waals surface area contributed by atoms with Gasteiger partial charge in [-0.3, -0.25) is 9.59 Å². The molecular weight excluding hydrogens is 378 g/mol. The van der Waals surface area contributed by atoms with E-state index in [9.17, 15) is 18.0 Å². The molecule has 28 heavy (non-hydrogen) atoms. The fraction of sp³-hybridized carbons (Fsp3) is 0.800. The van der Waals surface area contributed by atoms with Gasteiger partial charge in [0.2, 0.25) is 11.8 Å². The first-order valence-corrected chi connectivity index (χ1v) is 11.9. The highest BCUT2D eigenvalue weighted by molar-refractivity contribution is 7.93. The summed E-state index contributed by atoms with van der Waals surface area (Å²) < 4.78 is 22.8. The van der Waals surface area contributed by atoms with Gasteiger partial charge in [0.25, 0.3) is 0 Å². The summed E-state index contributed by atoms with van der Waals surface area (Å²) in [5, 5.41) is 6.74. The molecule has 0 heterocycles. The SMILES string of the molecule is CC(C)C[C@@H](/C=C/S(C)(=O)=O)NC(=O)[C@H](CC(C)C)NC(=O)[C@@H](N)CC(C)C. The third-order valence-corrected chi connectivity index (χ3v) is 4.66. The van der Waals surface area contributed by atoms with Crippen molar-refractivity contribution in [3.05, 3.63) is 11.5 Å². The Morgan fingerprint density at radius 2 is 1.36 bits per heavy atom. The molecule has 0 aliphatic carbocycles. The predicted octanol–water partition coefficient (Wildman–Crippen LogP) is 1.98. The number of hydrogen-bond acceptors (Lipinski definition) is 5. The Bertz CT molecular complexity index is 627. The highest BCUT2D eigenvalue weighted by Gasteiger charge is 2.26. The lowest BCUT2D eigenvalue weighted by Gasteiger charge is -2.25. The minimum Gasteiger partial charge on any atom is -0.348 e. The van der Waals surface area contributed by atoms with Crippen LogP contribution in [0, 0.1) is 17.8 Å². The molecule has 0 spiro atoms. The van der Waals surface area contributed by atoms with Gasteiger partial charge >= 0.3 is 0 Å². The van der Waals surface area contributed by atoms with Crippen molar-refractivity contribution >= 4 is 21.7 Å². The third kappa shape index (κ3) is 12.9. The van der Waals surface area contributed by atoms with Crippen molar-refractivity contribution in [3.63, 3.8) is 0 Å². The number of carbonyl (C=O) groups excluding carboxylic acids is 2. The topological polar surface area (TPSA) is 118 Å². The zero-order chi connectivity index (χ0) is 22.1. The number of sulfone groups is 1. The second kappa shape index (κ2) is 12.2. The van der Waals surface area contributed by atoms with Crippen LogP contribution in [0.25, 0.3) is 0 Å². The van der Waals surface area contributed by atoms with Crippen LogP contribution in [0.4, 0.5) is 0 Å². The lowest BCUT2D eigenvalue weighted by molar-refractivity contribution is -0.130.